The quantitative estimate of drug-likeness (QED) is 0.645. The highest BCUT2D eigenvalue weighted by molar-refractivity contribution is 5.92. The first-order chi connectivity index (χ1) is 15.9. The lowest BCUT2D eigenvalue weighted by molar-refractivity contribution is -0.131. The monoisotopic (exact) mass is 446 g/mol. The summed E-state index contributed by atoms with van der Waals surface area (Å²) in [6, 6.07) is 13.7. The highest BCUT2D eigenvalue weighted by atomic mass is 19.1. The van der Waals surface area contributed by atoms with Gasteiger partial charge in [0.1, 0.15) is 11.5 Å². The number of nitrogens with zero attached hydrogens (tertiary/aromatic N) is 3. The molecule has 1 saturated heterocycles. The van der Waals surface area contributed by atoms with Gasteiger partial charge in [-0.25, -0.2) is 4.39 Å². The summed E-state index contributed by atoms with van der Waals surface area (Å²) in [6.45, 7) is 3.30. The normalized spacial score (nSPS) is 15.8. The lowest BCUT2D eigenvalue weighted by Gasteiger charge is -2.33. The molecule has 1 atom stereocenters. The van der Waals surface area contributed by atoms with Crippen LogP contribution in [0.3, 0.4) is 0 Å². The lowest BCUT2D eigenvalue weighted by Crippen LogP contribution is -2.40. The standard InChI is InChI=1S/C26H27FN4O2/c1-17-12-21(19-7-10-23(29-15-19)26(33)28-2)14-24(30-17)20-4-3-11-31(16-20)25(32)13-18-5-8-22(27)9-6-18/h5-10,12,14-15,20H,3-4,11,13,16H2,1-2H3,(H,28,33)/t20-/m1/s1. The van der Waals surface area contributed by atoms with Crippen molar-refractivity contribution in [3.05, 3.63) is 83.2 Å². The minimum atomic E-state index is -0.302. The van der Waals surface area contributed by atoms with Crippen LogP contribution in [0.4, 0.5) is 4.39 Å². The number of piperidine rings is 1. The largest absolute Gasteiger partial charge is 0.354 e. The second kappa shape index (κ2) is 9.90. The van der Waals surface area contributed by atoms with Crippen LogP contribution in [0, 0.1) is 12.7 Å². The summed E-state index contributed by atoms with van der Waals surface area (Å²) >= 11 is 0. The van der Waals surface area contributed by atoms with E-state index in [-0.39, 0.29) is 30.0 Å². The fourth-order valence-corrected chi connectivity index (χ4v) is 4.23. The van der Waals surface area contributed by atoms with Crippen molar-refractivity contribution in [1.82, 2.24) is 20.2 Å². The Morgan fingerprint density at radius 3 is 2.61 bits per heavy atom. The molecular weight excluding hydrogens is 419 g/mol. The van der Waals surface area contributed by atoms with Gasteiger partial charge < -0.3 is 10.2 Å². The molecule has 6 nitrogen and oxygen atoms in total. The van der Waals surface area contributed by atoms with Crippen molar-refractivity contribution >= 4 is 11.8 Å². The molecule has 33 heavy (non-hydrogen) atoms. The second-order valence-corrected chi connectivity index (χ2v) is 8.42. The Morgan fingerprint density at radius 2 is 1.91 bits per heavy atom. The molecule has 2 aromatic heterocycles. The first-order valence-corrected chi connectivity index (χ1v) is 11.1. The topological polar surface area (TPSA) is 75.2 Å². The van der Waals surface area contributed by atoms with Gasteiger partial charge in [-0.15, -0.1) is 0 Å². The zero-order chi connectivity index (χ0) is 23.4. The average Bonchev–Trinajstić information content (AvgIpc) is 2.84. The molecule has 1 aromatic carbocycles. The molecule has 0 spiro atoms. The molecule has 0 bridgehead atoms. The molecule has 1 aliphatic rings. The summed E-state index contributed by atoms with van der Waals surface area (Å²) in [5, 5.41) is 2.57. The number of hydrogen-bond donors (Lipinski definition) is 1. The molecule has 0 unspecified atom stereocenters. The van der Waals surface area contributed by atoms with Gasteiger partial charge in [-0.05, 0) is 61.2 Å². The molecular formula is C26H27FN4O2. The Kier molecular flexibility index (Phi) is 6.77. The fraction of sp³-hybridized carbons (Fsp3) is 0.308. The van der Waals surface area contributed by atoms with Gasteiger partial charge >= 0.3 is 0 Å². The maximum absolute atomic E-state index is 13.2. The van der Waals surface area contributed by atoms with Gasteiger partial charge in [-0.3, -0.25) is 19.6 Å². The van der Waals surface area contributed by atoms with Gasteiger partial charge in [0.05, 0.1) is 6.42 Å². The predicted octanol–water partition coefficient (Wildman–Crippen LogP) is 3.90. The van der Waals surface area contributed by atoms with Gasteiger partial charge in [0.2, 0.25) is 5.91 Å². The van der Waals surface area contributed by atoms with Gasteiger partial charge in [-0.1, -0.05) is 18.2 Å². The van der Waals surface area contributed by atoms with E-state index < -0.39 is 0 Å². The first-order valence-electron chi connectivity index (χ1n) is 11.1. The number of rotatable bonds is 5. The summed E-state index contributed by atoms with van der Waals surface area (Å²) < 4.78 is 13.2. The highest BCUT2D eigenvalue weighted by Gasteiger charge is 2.26. The first kappa shape index (κ1) is 22.6. The Morgan fingerprint density at radius 1 is 1.12 bits per heavy atom. The lowest BCUT2D eigenvalue weighted by atomic mass is 9.92. The summed E-state index contributed by atoms with van der Waals surface area (Å²) in [4.78, 5) is 35.6. The smallest absolute Gasteiger partial charge is 0.269 e. The SMILES string of the molecule is CNC(=O)c1ccc(-c2cc(C)nc([C@@H]3CCCN(C(=O)Cc4ccc(F)cc4)C3)c2)cn1. The Hall–Kier alpha value is -3.61. The van der Waals surface area contributed by atoms with Crippen LogP contribution in [-0.4, -0.2) is 46.8 Å². The van der Waals surface area contributed by atoms with Crippen molar-refractivity contribution in [1.29, 1.82) is 0 Å². The van der Waals surface area contributed by atoms with Crippen LogP contribution < -0.4 is 5.32 Å². The van der Waals surface area contributed by atoms with Crippen LogP contribution in [-0.2, 0) is 11.2 Å². The van der Waals surface area contributed by atoms with E-state index in [9.17, 15) is 14.0 Å². The molecule has 4 rings (SSSR count). The number of likely N-dealkylation sites (tertiary alicyclic amines) is 1. The predicted molar refractivity (Wildman–Crippen MR) is 124 cm³/mol. The summed E-state index contributed by atoms with van der Waals surface area (Å²) in [7, 11) is 1.58. The van der Waals surface area contributed by atoms with Crippen LogP contribution in [0.5, 0.6) is 0 Å². The van der Waals surface area contributed by atoms with Crippen molar-refractivity contribution in [2.24, 2.45) is 0 Å². The number of carbonyl (C=O) groups excluding carboxylic acids is 2. The molecule has 0 aliphatic carbocycles. The number of amides is 2. The average molecular weight is 447 g/mol. The molecule has 3 aromatic rings. The minimum absolute atomic E-state index is 0.0492. The van der Waals surface area contributed by atoms with Crippen molar-refractivity contribution < 1.29 is 14.0 Å². The van der Waals surface area contributed by atoms with Crippen LogP contribution in [0.25, 0.3) is 11.1 Å². The van der Waals surface area contributed by atoms with E-state index >= 15 is 0 Å². The van der Waals surface area contributed by atoms with Crippen LogP contribution in [0.2, 0.25) is 0 Å². The molecule has 170 valence electrons. The summed E-state index contributed by atoms with van der Waals surface area (Å²) in [6.07, 6.45) is 3.84. The summed E-state index contributed by atoms with van der Waals surface area (Å²) in [5.41, 5.74) is 4.94. The third-order valence-electron chi connectivity index (χ3n) is 5.99. The molecule has 1 fully saturated rings. The van der Waals surface area contributed by atoms with E-state index in [1.807, 2.05) is 24.0 Å². The highest BCUT2D eigenvalue weighted by Crippen LogP contribution is 2.30. The molecule has 0 saturated carbocycles. The van der Waals surface area contributed by atoms with Gasteiger partial charge in [0.15, 0.2) is 0 Å². The van der Waals surface area contributed by atoms with Crippen molar-refractivity contribution in [2.45, 2.75) is 32.1 Å². The second-order valence-electron chi connectivity index (χ2n) is 8.42. The van der Waals surface area contributed by atoms with Crippen LogP contribution in [0.1, 0.15) is 46.2 Å². The van der Waals surface area contributed by atoms with Crippen molar-refractivity contribution in [3.63, 3.8) is 0 Å². The third kappa shape index (κ3) is 5.42. The van der Waals surface area contributed by atoms with E-state index in [4.69, 9.17) is 4.98 Å². The number of halogens is 1. The molecule has 0 radical (unpaired) electrons. The van der Waals surface area contributed by atoms with E-state index in [0.717, 1.165) is 47.5 Å². The van der Waals surface area contributed by atoms with Crippen molar-refractivity contribution in [3.8, 4) is 11.1 Å². The maximum atomic E-state index is 13.2. The molecule has 1 N–H and O–H groups in total. The van der Waals surface area contributed by atoms with E-state index in [1.165, 1.54) is 12.1 Å². The number of pyridine rings is 2. The Labute approximate surface area is 192 Å². The zero-order valence-corrected chi connectivity index (χ0v) is 18.8. The molecule has 3 heterocycles. The number of nitrogens with one attached hydrogen (secondary N) is 1. The number of carbonyl (C=O) groups is 2. The van der Waals surface area contributed by atoms with E-state index in [1.54, 1.807) is 31.4 Å². The Balaban J connectivity index is 1.50. The van der Waals surface area contributed by atoms with Gasteiger partial charge in [0, 0.05) is 49.2 Å². The van der Waals surface area contributed by atoms with Crippen LogP contribution >= 0.6 is 0 Å². The van der Waals surface area contributed by atoms with E-state index in [2.05, 4.69) is 16.4 Å². The molecule has 1 aliphatic heterocycles. The van der Waals surface area contributed by atoms with E-state index in [0.29, 0.717) is 12.2 Å². The number of aromatic nitrogens is 2. The zero-order valence-electron chi connectivity index (χ0n) is 18.8. The van der Waals surface area contributed by atoms with Crippen LogP contribution in [0.15, 0.2) is 54.7 Å². The van der Waals surface area contributed by atoms with Gasteiger partial charge in [-0.2, -0.15) is 0 Å². The number of aryl methyl sites for hydroxylation is 1. The third-order valence-corrected chi connectivity index (χ3v) is 5.99. The number of hydrogen-bond acceptors (Lipinski definition) is 4. The molecule has 7 heteroatoms. The summed E-state index contributed by atoms with van der Waals surface area (Å²) in [5.74, 6) is -0.328. The molecule has 2 amide bonds. The Bertz CT molecular complexity index is 1150. The fourth-order valence-electron chi connectivity index (χ4n) is 4.23. The van der Waals surface area contributed by atoms with Crippen molar-refractivity contribution in [2.75, 3.05) is 20.1 Å². The maximum Gasteiger partial charge on any atom is 0.269 e. The number of benzene rings is 1. The van der Waals surface area contributed by atoms with Gasteiger partial charge in [0.25, 0.3) is 5.91 Å². The minimum Gasteiger partial charge on any atom is -0.354 e.